The second kappa shape index (κ2) is 6.19. The van der Waals surface area contributed by atoms with Gasteiger partial charge in [0, 0.05) is 23.8 Å². The Labute approximate surface area is 126 Å². The summed E-state index contributed by atoms with van der Waals surface area (Å²) in [7, 11) is 1.73. The third-order valence-electron chi connectivity index (χ3n) is 2.79. The lowest BCUT2D eigenvalue weighted by molar-refractivity contribution is 0.623. The zero-order chi connectivity index (χ0) is 14.7. The summed E-state index contributed by atoms with van der Waals surface area (Å²) in [6.07, 6.45) is 0. The molecule has 0 bridgehead atoms. The molecule has 0 saturated heterocycles. The van der Waals surface area contributed by atoms with E-state index in [1.165, 1.54) is 12.1 Å². The Kier molecular flexibility index (Phi) is 4.57. The monoisotopic (exact) mass is 312 g/mol. The predicted molar refractivity (Wildman–Crippen MR) is 82.8 cm³/mol. The average molecular weight is 313 g/mol. The smallest absolute Gasteiger partial charge is 0.171 e. The molecule has 1 heterocycles. The van der Waals surface area contributed by atoms with Gasteiger partial charge in [0.25, 0.3) is 0 Å². The second-order valence-electron chi connectivity index (χ2n) is 4.27. The number of hydrogen-bond donors (Lipinski definition) is 2. The molecule has 0 aliphatic rings. The number of rotatable bonds is 3. The van der Waals surface area contributed by atoms with Crippen LogP contribution in [0.1, 0.15) is 11.3 Å². The van der Waals surface area contributed by atoms with Crippen molar-refractivity contribution in [3.8, 4) is 0 Å². The second-order valence-corrected chi connectivity index (χ2v) is 5.08. The van der Waals surface area contributed by atoms with Crippen LogP contribution in [0.3, 0.4) is 0 Å². The maximum absolute atomic E-state index is 13.0. The normalized spacial score (nSPS) is 10.4. The van der Waals surface area contributed by atoms with E-state index in [2.05, 4.69) is 15.7 Å². The molecule has 0 saturated carbocycles. The SMILES string of the molecule is CNC(=S)Nc1cc(C)n(Cc2ccc(F)cc2Cl)n1. The summed E-state index contributed by atoms with van der Waals surface area (Å²) in [4.78, 5) is 0. The van der Waals surface area contributed by atoms with Gasteiger partial charge in [-0.2, -0.15) is 5.10 Å². The van der Waals surface area contributed by atoms with Crippen LogP contribution in [0.15, 0.2) is 24.3 Å². The Morgan fingerprint density at radius 1 is 1.45 bits per heavy atom. The number of aryl methyl sites for hydroxylation is 1. The lowest BCUT2D eigenvalue weighted by Crippen LogP contribution is -2.24. The first-order valence-corrected chi connectivity index (χ1v) is 6.75. The summed E-state index contributed by atoms with van der Waals surface area (Å²) in [5, 5.41) is 11.0. The summed E-state index contributed by atoms with van der Waals surface area (Å²) >= 11 is 11.0. The van der Waals surface area contributed by atoms with E-state index in [1.807, 2.05) is 13.0 Å². The number of halogens is 2. The van der Waals surface area contributed by atoms with Crippen molar-refractivity contribution in [1.82, 2.24) is 15.1 Å². The maximum Gasteiger partial charge on any atom is 0.171 e. The lowest BCUT2D eigenvalue weighted by Gasteiger charge is -2.07. The van der Waals surface area contributed by atoms with Crippen LogP contribution >= 0.6 is 23.8 Å². The summed E-state index contributed by atoms with van der Waals surface area (Å²) in [6, 6.07) is 6.21. The van der Waals surface area contributed by atoms with Crippen molar-refractivity contribution >= 4 is 34.7 Å². The molecule has 2 N–H and O–H groups in total. The van der Waals surface area contributed by atoms with E-state index < -0.39 is 0 Å². The highest BCUT2D eigenvalue weighted by molar-refractivity contribution is 7.80. The lowest BCUT2D eigenvalue weighted by atomic mass is 10.2. The van der Waals surface area contributed by atoms with Crippen LogP contribution in [0.25, 0.3) is 0 Å². The van der Waals surface area contributed by atoms with Gasteiger partial charge in [-0.3, -0.25) is 4.68 Å². The van der Waals surface area contributed by atoms with E-state index in [0.29, 0.717) is 22.5 Å². The largest absolute Gasteiger partial charge is 0.365 e. The Hall–Kier alpha value is -1.66. The molecule has 1 aromatic heterocycles. The number of benzene rings is 1. The summed E-state index contributed by atoms with van der Waals surface area (Å²) in [6.45, 7) is 2.40. The molecule has 0 aliphatic carbocycles. The van der Waals surface area contributed by atoms with E-state index in [-0.39, 0.29) is 5.82 Å². The van der Waals surface area contributed by atoms with Crippen molar-refractivity contribution in [1.29, 1.82) is 0 Å². The van der Waals surface area contributed by atoms with Crippen LogP contribution in [0, 0.1) is 12.7 Å². The van der Waals surface area contributed by atoms with E-state index in [1.54, 1.807) is 17.8 Å². The molecule has 0 amide bonds. The van der Waals surface area contributed by atoms with Gasteiger partial charge >= 0.3 is 0 Å². The number of aromatic nitrogens is 2. The molecule has 20 heavy (non-hydrogen) atoms. The number of hydrogen-bond acceptors (Lipinski definition) is 2. The zero-order valence-electron chi connectivity index (χ0n) is 11.1. The number of anilines is 1. The van der Waals surface area contributed by atoms with Crippen molar-refractivity contribution in [2.24, 2.45) is 0 Å². The predicted octanol–water partition coefficient (Wildman–Crippen LogP) is 2.95. The highest BCUT2D eigenvalue weighted by atomic mass is 35.5. The van der Waals surface area contributed by atoms with E-state index in [0.717, 1.165) is 11.3 Å². The van der Waals surface area contributed by atoms with Crippen molar-refractivity contribution in [2.75, 3.05) is 12.4 Å². The molecule has 2 aromatic rings. The van der Waals surface area contributed by atoms with Crippen LogP contribution in [0.5, 0.6) is 0 Å². The molecular weight excluding hydrogens is 299 g/mol. The van der Waals surface area contributed by atoms with E-state index >= 15 is 0 Å². The quantitative estimate of drug-likeness (QED) is 0.855. The highest BCUT2D eigenvalue weighted by Crippen LogP contribution is 2.19. The van der Waals surface area contributed by atoms with Gasteiger partial charge in [-0.15, -0.1) is 0 Å². The summed E-state index contributed by atoms with van der Waals surface area (Å²) in [5.74, 6) is 0.303. The summed E-state index contributed by atoms with van der Waals surface area (Å²) < 4.78 is 14.8. The third-order valence-corrected chi connectivity index (χ3v) is 3.44. The first-order chi connectivity index (χ1) is 9.49. The van der Waals surface area contributed by atoms with Crippen LogP contribution in [-0.2, 0) is 6.54 Å². The van der Waals surface area contributed by atoms with Crippen molar-refractivity contribution < 1.29 is 4.39 Å². The van der Waals surface area contributed by atoms with Gasteiger partial charge in [-0.25, -0.2) is 4.39 Å². The fourth-order valence-electron chi connectivity index (χ4n) is 1.72. The fourth-order valence-corrected chi connectivity index (χ4v) is 2.05. The van der Waals surface area contributed by atoms with Crippen molar-refractivity contribution in [3.05, 3.63) is 46.4 Å². The van der Waals surface area contributed by atoms with Crippen LogP contribution in [0.2, 0.25) is 5.02 Å². The molecule has 0 radical (unpaired) electrons. The Bertz CT molecular complexity index is 641. The molecular formula is C13H14ClFN4S. The van der Waals surface area contributed by atoms with Gasteiger partial charge < -0.3 is 10.6 Å². The average Bonchev–Trinajstić information content (AvgIpc) is 2.73. The number of nitrogens with zero attached hydrogens (tertiary/aromatic N) is 2. The first-order valence-electron chi connectivity index (χ1n) is 5.96. The topological polar surface area (TPSA) is 41.9 Å². The minimum atomic E-state index is -0.349. The maximum atomic E-state index is 13.0. The summed E-state index contributed by atoms with van der Waals surface area (Å²) in [5.41, 5.74) is 1.76. The molecule has 4 nitrogen and oxygen atoms in total. The zero-order valence-corrected chi connectivity index (χ0v) is 12.6. The first kappa shape index (κ1) is 14.7. The van der Waals surface area contributed by atoms with E-state index in [9.17, 15) is 4.39 Å². The molecule has 0 atom stereocenters. The van der Waals surface area contributed by atoms with Crippen LogP contribution in [-0.4, -0.2) is 21.9 Å². The van der Waals surface area contributed by atoms with Crippen molar-refractivity contribution in [2.45, 2.75) is 13.5 Å². The fraction of sp³-hybridized carbons (Fsp3) is 0.231. The van der Waals surface area contributed by atoms with Crippen LogP contribution in [0.4, 0.5) is 10.2 Å². The van der Waals surface area contributed by atoms with E-state index in [4.69, 9.17) is 23.8 Å². The highest BCUT2D eigenvalue weighted by Gasteiger charge is 2.08. The third kappa shape index (κ3) is 3.46. The Balaban J connectivity index is 2.19. The van der Waals surface area contributed by atoms with Gasteiger partial charge in [0.1, 0.15) is 5.82 Å². The van der Waals surface area contributed by atoms with Gasteiger partial charge in [0.2, 0.25) is 0 Å². The van der Waals surface area contributed by atoms with Gasteiger partial charge in [-0.05, 0) is 36.8 Å². The molecule has 0 fully saturated rings. The molecule has 1 aromatic carbocycles. The minimum absolute atomic E-state index is 0.349. The molecule has 7 heteroatoms. The molecule has 106 valence electrons. The Morgan fingerprint density at radius 2 is 2.20 bits per heavy atom. The van der Waals surface area contributed by atoms with Gasteiger partial charge in [0.05, 0.1) is 6.54 Å². The van der Waals surface area contributed by atoms with Crippen molar-refractivity contribution in [3.63, 3.8) is 0 Å². The minimum Gasteiger partial charge on any atom is -0.365 e. The number of thiocarbonyl (C=S) groups is 1. The standard InChI is InChI=1S/C13H14ClFN4S/c1-8-5-12(17-13(20)16-2)18-19(8)7-9-3-4-10(15)6-11(9)14/h3-6H,7H2,1-2H3,(H2,16,17,18,20). The van der Waals surface area contributed by atoms with Crippen LogP contribution < -0.4 is 10.6 Å². The number of nitrogens with one attached hydrogen (secondary N) is 2. The Morgan fingerprint density at radius 3 is 2.85 bits per heavy atom. The molecule has 0 unspecified atom stereocenters. The van der Waals surface area contributed by atoms with Gasteiger partial charge in [-0.1, -0.05) is 17.7 Å². The molecule has 0 spiro atoms. The van der Waals surface area contributed by atoms with Gasteiger partial charge in [0.15, 0.2) is 10.9 Å². The molecule has 0 aliphatic heterocycles. The molecule has 2 rings (SSSR count).